The lowest BCUT2D eigenvalue weighted by Gasteiger charge is -2.33. The van der Waals surface area contributed by atoms with Crippen molar-refractivity contribution in [1.82, 2.24) is 0 Å². The summed E-state index contributed by atoms with van der Waals surface area (Å²) in [6.07, 6.45) is 0. The molecule has 0 unspecified atom stereocenters. The Morgan fingerprint density at radius 3 is 1.74 bits per heavy atom. The van der Waals surface area contributed by atoms with E-state index in [1.807, 2.05) is 24.3 Å². The van der Waals surface area contributed by atoms with Crippen LogP contribution in [0.3, 0.4) is 0 Å². The van der Waals surface area contributed by atoms with E-state index in [4.69, 9.17) is 13.9 Å². The lowest BCUT2D eigenvalue weighted by molar-refractivity contribution is 0.465. The summed E-state index contributed by atoms with van der Waals surface area (Å²) >= 11 is 0. The van der Waals surface area contributed by atoms with Crippen molar-refractivity contribution in [1.29, 1.82) is 0 Å². The molecule has 2 aliphatic heterocycles. The first-order chi connectivity index (χ1) is 23.3. The van der Waals surface area contributed by atoms with Crippen molar-refractivity contribution in [3.8, 4) is 34.1 Å². The van der Waals surface area contributed by atoms with Gasteiger partial charge in [0.2, 0.25) is 0 Å². The highest BCUT2D eigenvalue weighted by Crippen LogP contribution is 2.42. The van der Waals surface area contributed by atoms with E-state index in [-0.39, 0.29) is 6.71 Å². The predicted molar refractivity (Wildman–Crippen MR) is 192 cm³/mol. The zero-order chi connectivity index (χ0) is 30.9. The molecule has 5 heteroatoms. The molecular weight excluding hydrogens is 577 g/mol. The third-order valence-corrected chi connectivity index (χ3v) is 9.36. The fourth-order valence-electron chi connectivity index (χ4n) is 7.24. The summed E-state index contributed by atoms with van der Waals surface area (Å²) in [5.41, 5.74) is 10.3. The molecule has 0 N–H and O–H groups in total. The molecule has 7 aromatic carbocycles. The van der Waals surface area contributed by atoms with E-state index in [0.717, 1.165) is 89.5 Å². The number of nitrogens with zero attached hydrogens (tertiary/aromatic N) is 1. The fraction of sp³-hybridized carbons (Fsp3) is 0. The van der Waals surface area contributed by atoms with E-state index in [9.17, 15) is 0 Å². The van der Waals surface area contributed by atoms with E-state index in [1.54, 1.807) is 0 Å². The topological polar surface area (TPSA) is 34.8 Å². The first-order valence-corrected chi connectivity index (χ1v) is 15.9. The summed E-state index contributed by atoms with van der Waals surface area (Å²) in [5.74, 6) is 3.35. The number of ether oxygens (including phenoxy) is 2. The van der Waals surface area contributed by atoms with Crippen molar-refractivity contribution in [3.05, 3.63) is 158 Å². The van der Waals surface area contributed by atoms with Crippen molar-refractivity contribution in [2.24, 2.45) is 0 Å². The Hall–Kier alpha value is -6.20. The third kappa shape index (κ3) is 4.10. The van der Waals surface area contributed by atoms with Gasteiger partial charge in [0.15, 0.2) is 0 Å². The highest BCUT2D eigenvalue weighted by atomic mass is 16.5. The van der Waals surface area contributed by atoms with Gasteiger partial charge >= 0.3 is 0 Å². The molecule has 2 aliphatic rings. The minimum Gasteiger partial charge on any atom is -0.458 e. The number of anilines is 3. The highest BCUT2D eigenvalue weighted by molar-refractivity contribution is 6.98. The van der Waals surface area contributed by atoms with E-state index in [0.29, 0.717) is 0 Å². The number of fused-ring (bicyclic) bond motifs is 7. The minimum atomic E-state index is -0.0432. The van der Waals surface area contributed by atoms with Gasteiger partial charge in [-0.05, 0) is 88.8 Å². The summed E-state index contributed by atoms with van der Waals surface area (Å²) in [6, 6.07) is 54.6. The summed E-state index contributed by atoms with van der Waals surface area (Å²) in [4.78, 5) is 2.25. The SMILES string of the molecule is c1ccc(-c2cc3c4c(c2)Oc2cc5c(cc2B4c2ccccc2O3)oc2cc(N(c3ccccc3)c3ccccc3)ccc25)cc1. The number of hydrogen-bond donors (Lipinski definition) is 0. The van der Waals surface area contributed by atoms with Crippen LogP contribution in [-0.2, 0) is 0 Å². The maximum atomic E-state index is 6.78. The Bertz CT molecular complexity index is 2440. The van der Waals surface area contributed by atoms with Gasteiger partial charge in [0.1, 0.15) is 34.2 Å². The number of furan rings is 1. The Labute approximate surface area is 272 Å². The Morgan fingerprint density at radius 2 is 1.02 bits per heavy atom. The molecule has 0 radical (unpaired) electrons. The first-order valence-electron chi connectivity index (χ1n) is 15.9. The Morgan fingerprint density at radius 1 is 0.404 bits per heavy atom. The van der Waals surface area contributed by atoms with Crippen LogP contribution in [0, 0.1) is 0 Å². The van der Waals surface area contributed by atoms with E-state index in [2.05, 4.69) is 138 Å². The molecule has 4 nitrogen and oxygen atoms in total. The normalized spacial score (nSPS) is 12.6. The van der Waals surface area contributed by atoms with Crippen LogP contribution in [0.25, 0.3) is 33.1 Å². The maximum absolute atomic E-state index is 6.78. The van der Waals surface area contributed by atoms with Crippen molar-refractivity contribution >= 4 is 62.1 Å². The molecular formula is C42H26BNO3. The molecule has 0 saturated carbocycles. The number of hydrogen-bond acceptors (Lipinski definition) is 4. The summed E-state index contributed by atoms with van der Waals surface area (Å²) < 4.78 is 20.0. The largest absolute Gasteiger partial charge is 0.458 e. The van der Waals surface area contributed by atoms with Gasteiger partial charge in [-0.3, -0.25) is 0 Å². The summed E-state index contributed by atoms with van der Waals surface area (Å²) in [5, 5.41) is 2.08. The zero-order valence-corrected chi connectivity index (χ0v) is 25.3. The van der Waals surface area contributed by atoms with Crippen LogP contribution in [-0.4, -0.2) is 6.71 Å². The molecule has 0 amide bonds. The second-order valence-electron chi connectivity index (χ2n) is 12.1. The maximum Gasteiger partial charge on any atom is 0.260 e. The average Bonchev–Trinajstić information content (AvgIpc) is 3.48. The van der Waals surface area contributed by atoms with E-state index >= 15 is 0 Å². The Kier molecular flexibility index (Phi) is 5.63. The van der Waals surface area contributed by atoms with Crippen LogP contribution in [0.5, 0.6) is 23.0 Å². The van der Waals surface area contributed by atoms with Gasteiger partial charge in [0, 0.05) is 39.4 Å². The second-order valence-corrected chi connectivity index (χ2v) is 12.1. The molecule has 0 saturated heterocycles. The lowest BCUT2D eigenvalue weighted by atomic mass is 9.35. The van der Waals surface area contributed by atoms with Crippen LogP contribution in [0.2, 0.25) is 0 Å². The van der Waals surface area contributed by atoms with Gasteiger partial charge < -0.3 is 18.8 Å². The van der Waals surface area contributed by atoms with Gasteiger partial charge in [0.05, 0.1) is 0 Å². The first kappa shape index (κ1) is 26.1. The van der Waals surface area contributed by atoms with Gasteiger partial charge in [-0.15, -0.1) is 0 Å². The standard InChI is InChI=1S/C42H26BNO3/c1-4-12-27(13-5-1)28-22-40-42-41(23-28)47-39-25-33-32-21-20-31(44(29-14-6-2-7-15-29)30-16-8-3-9-17-30)24-37(32)46-38(33)26-35(39)43(42)34-18-10-11-19-36(34)45-40/h1-26H. The smallest absolute Gasteiger partial charge is 0.260 e. The molecule has 10 rings (SSSR count). The van der Waals surface area contributed by atoms with Crippen molar-refractivity contribution in [2.45, 2.75) is 0 Å². The zero-order valence-electron chi connectivity index (χ0n) is 25.3. The quantitative estimate of drug-likeness (QED) is 0.188. The third-order valence-electron chi connectivity index (χ3n) is 9.36. The molecule has 1 aromatic heterocycles. The minimum absolute atomic E-state index is 0.0432. The lowest BCUT2D eigenvalue weighted by Crippen LogP contribution is -2.57. The van der Waals surface area contributed by atoms with E-state index < -0.39 is 0 Å². The van der Waals surface area contributed by atoms with E-state index in [1.165, 1.54) is 0 Å². The molecule has 0 spiro atoms. The molecule has 0 atom stereocenters. The molecule has 0 aliphatic carbocycles. The van der Waals surface area contributed by atoms with Crippen LogP contribution in [0.15, 0.2) is 162 Å². The fourth-order valence-corrected chi connectivity index (χ4v) is 7.24. The molecule has 0 fully saturated rings. The Balaban J connectivity index is 1.15. The van der Waals surface area contributed by atoms with Crippen LogP contribution >= 0.6 is 0 Å². The molecule has 0 bridgehead atoms. The van der Waals surface area contributed by atoms with Crippen LogP contribution in [0.1, 0.15) is 0 Å². The van der Waals surface area contributed by atoms with Crippen LogP contribution in [0.4, 0.5) is 17.1 Å². The predicted octanol–water partition coefficient (Wildman–Crippen LogP) is 9.45. The number of benzene rings is 7. The van der Waals surface area contributed by atoms with Crippen LogP contribution < -0.4 is 30.8 Å². The number of para-hydroxylation sites is 3. The molecule has 8 aromatic rings. The van der Waals surface area contributed by atoms with Gasteiger partial charge in [-0.2, -0.15) is 0 Å². The van der Waals surface area contributed by atoms with Crippen molar-refractivity contribution in [2.75, 3.05) is 4.90 Å². The summed E-state index contributed by atoms with van der Waals surface area (Å²) in [7, 11) is 0. The van der Waals surface area contributed by atoms with Gasteiger partial charge in [-0.1, -0.05) is 84.9 Å². The second kappa shape index (κ2) is 10.2. The number of rotatable bonds is 4. The van der Waals surface area contributed by atoms with Gasteiger partial charge in [-0.25, -0.2) is 0 Å². The van der Waals surface area contributed by atoms with Crippen molar-refractivity contribution in [3.63, 3.8) is 0 Å². The molecule has 47 heavy (non-hydrogen) atoms. The average molecular weight is 603 g/mol. The highest BCUT2D eigenvalue weighted by Gasteiger charge is 2.41. The summed E-state index contributed by atoms with van der Waals surface area (Å²) in [6.45, 7) is -0.0432. The van der Waals surface area contributed by atoms with Crippen molar-refractivity contribution < 1.29 is 13.9 Å². The molecule has 3 heterocycles. The van der Waals surface area contributed by atoms with Gasteiger partial charge in [0.25, 0.3) is 6.71 Å². The molecule has 220 valence electrons. The monoisotopic (exact) mass is 603 g/mol.